The molecule has 0 radical (unpaired) electrons. The molecule has 3 aliphatic heterocycles. The monoisotopic (exact) mass is 330 g/mol. The van der Waals surface area contributed by atoms with Gasteiger partial charge in [-0.15, -0.1) is 0 Å². The maximum atomic E-state index is 8.79. The van der Waals surface area contributed by atoms with Crippen LogP contribution < -0.4 is 0 Å². The summed E-state index contributed by atoms with van der Waals surface area (Å²) < 4.78 is 15.4. The maximum Gasteiger partial charge on any atom is 0.333 e. The SMILES string of the molecule is OCC(CO)(CO)CC(O)O.OCC1OP2OCC1CO2. The molecular formula is C11H23O9P. The predicted molar refractivity (Wildman–Crippen MR) is 70.8 cm³/mol. The maximum absolute atomic E-state index is 8.79. The second-order valence-corrected chi connectivity index (χ2v) is 6.24. The molecule has 2 bridgehead atoms. The van der Waals surface area contributed by atoms with Crippen LogP contribution in [0.5, 0.6) is 0 Å². The van der Waals surface area contributed by atoms with Gasteiger partial charge in [0.2, 0.25) is 0 Å². The van der Waals surface area contributed by atoms with Crippen LogP contribution >= 0.6 is 8.60 Å². The molecule has 0 aliphatic carbocycles. The van der Waals surface area contributed by atoms with Crippen LogP contribution in [-0.4, -0.2) is 82.7 Å². The first-order chi connectivity index (χ1) is 10.00. The molecule has 21 heavy (non-hydrogen) atoms. The average Bonchev–Trinajstić information content (AvgIpc) is 2.54. The minimum absolute atomic E-state index is 0.0476. The number of hydrogen-bond acceptors (Lipinski definition) is 9. The van der Waals surface area contributed by atoms with Crippen LogP contribution in [0.3, 0.4) is 0 Å². The van der Waals surface area contributed by atoms with Gasteiger partial charge in [-0.2, -0.15) is 0 Å². The summed E-state index contributed by atoms with van der Waals surface area (Å²) in [5.74, 6) is 0.234. The van der Waals surface area contributed by atoms with Gasteiger partial charge in [0.25, 0.3) is 0 Å². The van der Waals surface area contributed by atoms with Crippen LogP contribution in [0.15, 0.2) is 0 Å². The molecule has 3 saturated heterocycles. The van der Waals surface area contributed by atoms with E-state index in [2.05, 4.69) is 0 Å². The highest BCUT2D eigenvalue weighted by Crippen LogP contribution is 2.51. The van der Waals surface area contributed by atoms with Crippen LogP contribution in [0, 0.1) is 11.3 Å². The molecule has 0 aromatic rings. The zero-order valence-corrected chi connectivity index (χ0v) is 12.4. The Hall–Kier alpha value is 0.0700. The lowest BCUT2D eigenvalue weighted by molar-refractivity contribution is -0.106. The first-order valence-electron chi connectivity index (χ1n) is 6.52. The third-order valence-electron chi connectivity index (χ3n) is 3.34. The number of aliphatic hydroxyl groups excluding tert-OH is 5. The van der Waals surface area contributed by atoms with Gasteiger partial charge in [0, 0.05) is 17.8 Å². The van der Waals surface area contributed by atoms with Gasteiger partial charge < -0.3 is 44.2 Å². The molecule has 0 aromatic carbocycles. The van der Waals surface area contributed by atoms with Crippen molar-refractivity contribution in [1.29, 1.82) is 0 Å². The normalized spacial score (nSPS) is 28.4. The van der Waals surface area contributed by atoms with E-state index in [4.69, 9.17) is 44.2 Å². The van der Waals surface area contributed by atoms with Crippen molar-refractivity contribution < 1.29 is 44.2 Å². The molecule has 3 heterocycles. The molecule has 6 N–H and O–H groups in total. The fourth-order valence-electron chi connectivity index (χ4n) is 1.78. The minimum Gasteiger partial charge on any atom is -0.396 e. The first-order valence-corrected chi connectivity index (χ1v) is 7.62. The highest BCUT2D eigenvalue weighted by Gasteiger charge is 2.39. The van der Waals surface area contributed by atoms with E-state index in [1.165, 1.54) is 0 Å². The zero-order chi connectivity index (χ0) is 15.9. The summed E-state index contributed by atoms with van der Waals surface area (Å²) in [7, 11) is -1.11. The van der Waals surface area contributed by atoms with Crippen molar-refractivity contribution in [1.82, 2.24) is 0 Å². The number of hydrogen-bond donors (Lipinski definition) is 6. The van der Waals surface area contributed by atoms with Gasteiger partial charge in [0.05, 0.1) is 45.7 Å². The predicted octanol–water partition coefficient (Wildman–Crippen LogP) is -2.08. The van der Waals surface area contributed by atoms with E-state index in [-0.39, 0.29) is 25.0 Å². The van der Waals surface area contributed by atoms with E-state index < -0.39 is 40.1 Å². The largest absolute Gasteiger partial charge is 0.396 e. The van der Waals surface area contributed by atoms with E-state index in [1.54, 1.807) is 0 Å². The van der Waals surface area contributed by atoms with E-state index in [1.807, 2.05) is 0 Å². The summed E-state index contributed by atoms with van der Waals surface area (Å²) in [5.41, 5.74) is -1.19. The first kappa shape index (κ1) is 19.1. The van der Waals surface area contributed by atoms with E-state index in [0.717, 1.165) is 0 Å². The second-order valence-electron chi connectivity index (χ2n) is 5.06. The van der Waals surface area contributed by atoms with E-state index >= 15 is 0 Å². The lowest BCUT2D eigenvalue weighted by Gasteiger charge is -2.39. The van der Waals surface area contributed by atoms with Crippen LogP contribution in [-0.2, 0) is 13.6 Å². The molecule has 3 aliphatic rings. The molecule has 10 heteroatoms. The van der Waals surface area contributed by atoms with Crippen molar-refractivity contribution in [3.05, 3.63) is 0 Å². The number of fused-ring (bicyclic) bond motifs is 3. The molecule has 0 aromatic heterocycles. The molecule has 126 valence electrons. The van der Waals surface area contributed by atoms with Gasteiger partial charge in [0.15, 0.2) is 6.29 Å². The summed E-state index contributed by atoms with van der Waals surface area (Å²) in [4.78, 5) is 0. The Balaban J connectivity index is 0.000000210. The number of aliphatic hydroxyl groups is 6. The molecule has 3 rings (SSSR count). The van der Waals surface area contributed by atoms with Crippen LogP contribution in [0.25, 0.3) is 0 Å². The molecular weight excluding hydrogens is 307 g/mol. The Kier molecular flexibility index (Phi) is 8.43. The third kappa shape index (κ3) is 5.65. The standard InChI is InChI=1S/C6H14O5.C5H9O4P/c7-2-6(3-8,4-9)1-5(10)11;6-1-5-4-2-7-10(9-5)8-3-4/h5,7-11H,1-4H2;4-6H,1-3H2. The third-order valence-corrected chi connectivity index (χ3v) is 4.50. The van der Waals surface area contributed by atoms with Crippen LogP contribution in [0.4, 0.5) is 0 Å². The zero-order valence-electron chi connectivity index (χ0n) is 11.5. The Labute approximate surface area is 123 Å². The van der Waals surface area contributed by atoms with Crippen molar-refractivity contribution in [3.8, 4) is 0 Å². The Morgan fingerprint density at radius 3 is 1.71 bits per heavy atom. The van der Waals surface area contributed by atoms with Crippen molar-refractivity contribution in [2.45, 2.75) is 18.8 Å². The summed E-state index contributed by atoms with van der Waals surface area (Å²) >= 11 is 0. The Morgan fingerprint density at radius 1 is 1.00 bits per heavy atom. The molecule has 0 saturated carbocycles. The van der Waals surface area contributed by atoms with Crippen LogP contribution in [0.2, 0.25) is 0 Å². The Bertz CT molecular complexity index is 271. The summed E-state index contributed by atoms with van der Waals surface area (Å²) in [6, 6.07) is 0. The molecule has 0 amide bonds. The molecule has 1 unspecified atom stereocenters. The van der Waals surface area contributed by atoms with Gasteiger partial charge >= 0.3 is 8.60 Å². The lowest BCUT2D eigenvalue weighted by Crippen LogP contribution is -2.40. The van der Waals surface area contributed by atoms with Crippen molar-refractivity contribution in [3.63, 3.8) is 0 Å². The van der Waals surface area contributed by atoms with Gasteiger partial charge in [-0.05, 0) is 0 Å². The topological polar surface area (TPSA) is 149 Å². The van der Waals surface area contributed by atoms with Gasteiger partial charge in [0.1, 0.15) is 0 Å². The molecule has 9 nitrogen and oxygen atoms in total. The summed E-state index contributed by atoms with van der Waals surface area (Å²) in [5, 5.41) is 51.8. The lowest BCUT2D eigenvalue weighted by atomic mass is 9.87. The van der Waals surface area contributed by atoms with E-state index in [9.17, 15) is 0 Å². The van der Waals surface area contributed by atoms with Crippen molar-refractivity contribution in [2.75, 3.05) is 39.6 Å². The second kappa shape index (κ2) is 9.26. The molecule has 1 atom stereocenters. The van der Waals surface area contributed by atoms with E-state index in [0.29, 0.717) is 13.2 Å². The van der Waals surface area contributed by atoms with Crippen molar-refractivity contribution in [2.24, 2.45) is 11.3 Å². The molecule has 0 spiro atoms. The van der Waals surface area contributed by atoms with Gasteiger partial charge in [-0.3, -0.25) is 0 Å². The fourth-order valence-corrected chi connectivity index (χ4v) is 3.07. The van der Waals surface area contributed by atoms with Crippen LogP contribution in [0.1, 0.15) is 6.42 Å². The average molecular weight is 330 g/mol. The smallest absolute Gasteiger partial charge is 0.333 e. The van der Waals surface area contributed by atoms with Gasteiger partial charge in [-0.1, -0.05) is 0 Å². The highest BCUT2D eigenvalue weighted by atomic mass is 31.2. The molecule has 3 fully saturated rings. The minimum atomic E-state index is -1.62. The number of rotatable bonds is 6. The quantitative estimate of drug-likeness (QED) is 0.238. The van der Waals surface area contributed by atoms with Crippen molar-refractivity contribution >= 4 is 8.60 Å². The Morgan fingerprint density at radius 2 is 1.52 bits per heavy atom. The summed E-state index contributed by atoms with van der Waals surface area (Å²) in [6.45, 7) is 0.0109. The highest BCUT2D eigenvalue weighted by molar-refractivity contribution is 7.41. The van der Waals surface area contributed by atoms with Gasteiger partial charge in [-0.25, -0.2) is 0 Å². The fraction of sp³-hybridized carbons (Fsp3) is 1.00. The summed E-state index contributed by atoms with van der Waals surface area (Å²) in [6.07, 6.45) is -1.91.